The standard InChI is InChI=1S/C13H17IO/c14-12-7-5-11(6-8-12)13(15)9-10-3-1-2-4-10/h5-8,10,13,15H,1-4,9H2. The van der Waals surface area contributed by atoms with Crippen molar-refractivity contribution >= 4 is 22.6 Å². The third-order valence-corrected chi connectivity index (χ3v) is 4.01. The number of hydrogen-bond acceptors (Lipinski definition) is 1. The lowest BCUT2D eigenvalue weighted by molar-refractivity contribution is 0.145. The Balaban J connectivity index is 1.94. The number of aliphatic hydroxyl groups excluding tert-OH is 1. The Morgan fingerprint density at radius 1 is 1.20 bits per heavy atom. The van der Waals surface area contributed by atoms with E-state index in [0.717, 1.165) is 17.9 Å². The quantitative estimate of drug-likeness (QED) is 0.839. The molecule has 1 N–H and O–H groups in total. The average Bonchev–Trinajstić information content (AvgIpc) is 2.71. The third-order valence-electron chi connectivity index (χ3n) is 3.29. The van der Waals surface area contributed by atoms with Gasteiger partial charge in [0, 0.05) is 3.57 Å². The summed E-state index contributed by atoms with van der Waals surface area (Å²) in [4.78, 5) is 0. The summed E-state index contributed by atoms with van der Waals surface area (Å²) in [6.07, 6.45) is 6.00. The summed E-state index contributed by atoms with van der Waals surface area (Å²) in [5.41, 5.74) is 1.07. The van der Waals surface area contributed by atoms with Crippen molar-refractivity contribution < 1.29 is 5.11 Å². The van der Waals surface area contributed by atoms with Crippen molar-refractivity contribution in [3.8, 4) is 0 Å². The molecule has 1 saturated carbocycles. The van der Waals surface area contributed by atoms with Crippen LogP contribution in [0, 0.1) is 9.49 Å². The lowest BCUT2D eigenvalue weighted by atomic mass is 9.96. The van der Waals surface area contributed by atoms with Crippen LogP contribution in [0.25, 0.3) is 0 Å². The Bertz CT molecular complexity index is 301. The fourth-order valence-corrected chi connectivity index (χ4v) is 2.74. The van der Waals surface area contributed by atoms with Crippen LogP contribution < -0.4 is 0 Å². The van der Waals surface area contributed by atoms with Crippen LogP contribution in [0.15, 0.2) is 24.3 Å². The van der Waals surface area contributed by atoms with E-state index < -0.39 is 0 Å². The van der Waals surface area contributed by atoms with Gasteiger partial charge in [0.1, 0.15) is 0 Å². The summed E-state index contributed by atoms with van der Waals surface area (Å²) in [7, 11) is 0. The molecule has 1 aliphatic rings. The summed E-state index contributed by atoms with van der Waals surface area (Å²) in [5, 5.41) is 10.1. The van der Waals surface area contributed by atoms with Gasteiger partial charge in [-0.05, 0) is 52.6 Å². The first-order valence-electron chi connectivity index (χ1n) is 5.69. The molecule has 1 unspecified atom stereocenters. The molecule has 1 aliphatic carbocycles. The largest absolute Gasteiger partial charge is 0.388 e. The predicted octanol–water partition coefficient (Wildman–Crippen LogP) is 3.90. The highest BCUT2D eigenvalue weighted by atomic mass is 127. The highest BCUT2D eigenvalue weighted by molar-refractivity contribution is 14.1. The maximum Gasteiger partial charge on any atom is 0.0792 e. The van der Waals surface area contributed by atoms with E-state index in [1.807, 2.05) is 12.1 Å². The van der Waals surface area contributed by atoms with Crippen LogP contribution in [-0.4, -0.2) is 5.11 Å². The average molecular weight is 316 g/mol. The maximum atomic E-state index is 10.1. The molecule has 0 saturated heterocycles. The topological polar surface area (TPSA) is 20.2 Å². The van der Waals surface area contributed by atoms with Gasteiger partial charge >= 0.3 is 0 Å². The molecule has 82 valence electrons. The van der Waals surface area contributed by atoms with Gasteiger partial charge in [-0.3, -0.25) is 0 Å². The molecule has 15 heavy (non-hydrogen) atoms. The molecule has 1 aromatic rings. The SMILES string of the molecule is OC(CC1CCCC1)c1ccc(I)cc1. The summed E-state index contributed by atoms with van der Waals surface area (Å²) in [5.74, 6) is 0.749. The molecule has 0 heterocycles. The van der Waals surface area contributed by atoms with Crippen LogP contribution in [0.1, 0.15) is 43.8 Å². The molecule has 2 rings (SSSR count). The normalized spacial score (nSPS) is 19.3. The van der Waals surface area contributed by atoms with Crippen LogP contribution in [0.3, 0.4) is 0 Å². The van der Waals surface area contributed by atoms with Crippen LogP contribution in [0.4, 0.5) is 0 Å². The van der Waals surface area contributed by atoms with Gasteiger partial charge in [0.25, 0.3) is 0 Å². The second-order valence-corrected chi connectivity index (χ2v) is 5.70. The molecule has 0 aromatic heterocycles. The van der Waals surface area contributed by atoms with E-state index in [4.69, 9.17) is 0 Å². The fourth-order valence-electron chi connectivity index (χ4n) is 2.38. The van der Waals surface area contributed by atoms with Crippen LogP contribution >= 0.6 is 22.6 Å². The lowest BCUT2D eigenvalue weighted by Crippen LogP contribution is -2.04. The molecule has 0 aliphatic heterocycles. The van der Waals surface area contributed by atoms with Gasteiger partial charge in [-0.1, -0.05) is 37.8 Å². The molecule has 0 radical (unpaired) electrons. The first-order valence-corrected chi connectivity index (χ1v) is 6.77. The minimum atomic E-state index is -0.259. The molecule has 0 amide bonds. The summed E-state index contributed by atoms with van der Waals surface area (Å²) in [6.45, 7) is 0. The van der Waals surface area contributed by atoms with E-state index in [-0.39, 0.29) is 6.10 Å². The number of halogens is 1. The first-order chi connectivity index (χ1) is 7.25. The second kappa shape index (κ2) is 5.30. The Kier molecular flexibility index (Phi) is 4.03. The third kappa shape index (κ3) is 3.18. The molecule has 0 bridgehead atoms. The second-order valence-electron chi connectivity index (χ2n) is 4.45. The monoisotopic (exact) mass is 316 g/mol. The molecule has 1 atom stereocenters. The van der Waals surface area contributed by atoms with Gasteiger partial charge in [-0.2, -0.15) is 0 Å². The van der Waals surface area contributed by atoms with Crippen molar-refractivity contribution in [2.24, 2.45) is 5.92 Å². The number of hydrogen-bond donors (Lipinski definition) is 1. The minimum absolute atomic E-state index is 0.259. The highest BCUT2D eigenvalue weighted by Gasteiger charge is 2.19. The zero-order valence-electron chi connectivity index (χ0n) is 8.82. The Labute approximate surface area is 105 Å². The van der Waals surface area contributed by atoms with Gasteiger partial charge in [0.15, 0.2) is 0 Å². The molecular formula is C13H17IO. The summed E-state index contributed by atoms with van der Waals surface area (Å²) < 4.78 is 1.23. The number of rotatable bonds is 3. The van der Waals surface area contributed by atoms with Gasteiger partial charge < -0.3 is 5.11 Å². The molecule has 1 aromatic carbocycles. The zero-order valence-corrected chi connectivity index (χ0v) is 11.0. The molecule has 2 heteroatoms. The van der Waals surface area contributed by atoms with Crippen molar-refractivity contribution in [3.05, 3.63) is 33.4 Å². The van der Waals surface area contributed by atoms with Crippen molar-refractivity contribution in [1.82, 2.24) is 0 Å². The van der Waals surface area contributed by atoms with Crippen molar-refractivity contribution in [1.29, 1.82) is 0 Å². The van der Waals surface area contributed by atoms with E-state index in [2.05, 4.69) is 34.7 Å². The minimum Gasteiger partial charge on any atom is -0.388 e. The number of aliphatic hydroxyl groups is 1. The number of benzene rings is 1. The van der Waals surface area contributed by atoms with E-state index in [0.29, 0.717) is 0 Å². The molecular weight excluding hydrogens is 299 g/mol. The zero-order chi connectivity index (χ0) is 10.7. The fraction of sp³-hybridized carbons (Fsp3) is 0.538. The first kappa shape index (κ1) is 11.4. The molecule has 0 spiro atoms. The van der Waals surface area contributed by atoms with Gasteiger partial charge in [-0.25, -0.2) is 0 Å². The lowest BCUT2D eigenvalue weighted by Gasteiger charge is -2.15. The van der Waals surface area contributed by atoms with Gasteiger partial charge in [-0.15, -0.1) is 0 Å². The van der Waals surface area contributed by atoms with E-state index >= 15 is 0 Å². The molecule has 1 fully saturated rings. The van der Waals surface area contributed by atoms with E-state index in [1.165, 1.54) is 29.3 Å². The van der Waals surface area contributed by atoms with Crippen molar-refractivity contribution in [3.63, 3.8) is 0 Å². The predicted molar refractivity (Wildman–Crippen MR) is 70.7 cm³/mol. The molecule has 1 nitrogen and oxygen atoms in total. The van der Waals surface area contributed by atoms with E-state index in [9.17, 15) is 5.11 Å². The Hall–Kier alpha value is -0.0900. The van der Waals surface area contributed by atoms with Crippen LogP contribution in [0.5, 0.6) is 0 Å². The smallest absolute Gasteiger partial charge is 0.0792 e. The summed E-state index contributed by atoms with van der Waals surface area (Å²) in [6, 6.07) is 8.21. The van der Waals surface area contributed by atoms with Gasteiger partial charge in [0.2, 0.25) is 0 Å². The van der Waals surface area contributed by atoms with Crippen LogP contribution in [0.2, 0.25) is 0 Å². The van der Waals surface area contributed by atoms with Crippen LogP contribution in [-0.2, 0) is 0 Å². The van der Waals surface area contributed by atoms with Gasteiger partial charge in [0.05, 0.1) is 6.10 Å². The van der Waals surface area contributed by atoms with Crippen molar-refractivity contribution in [2.45, 2.75) is 38.2 Å². The Morgan fingerprint density at radius 2 is 1.80 bits per heavy atom. The van der Waals surface area contributed by atoms with E-state index in [1.54, 1.807) is 0 Å². The highest BCUT2D eigenvalue weighted by Crippen LogP contribution is 2.32. The Morgan fingerprint density at radius 3 is 2.40 bits per heavy atom. The van der Waals surface area contributed by atoms with Crippen molar-refractivity contribution in [2.75, 3.05) is 0 Å². The summed E-state index contributed by atoms with van der Waals surface area (Å²) >= 11 is 2.29. The maximum absolute atomic E-state index is 10.1.